The number of rotatable bonds is 2. The quantitative estimate of drug-likeness (QED) is 0.784. The van der Waals surface area contributed by atoms with Gasteiger partial charge in [-0.1, -0.05) is 20.8 Å². The molecule has 1 rings (SSSR count). The lowest BCUT2D eigenvalue weighted by Crippen LogP contribution is -2.46. The smallest absolute Gasteiger partial charge is 0.409 e. The summed E-state index contributed by atoms with van der Waals surface area (Å²) in [7, 11) is 1.44. The molecule has 0 bridgehead atoms. The lowest BCUT2D eigenvalue weighted by atomic mass is 9.95. The number of amides is 1. The first kappa shape index (κ1) is 13.3. The van der Waals surface area contributed by atoms with E-state index >= 15 is 0 Å². The third kappa shape index (κ3) is 4.39. The van der Waals surface area contributed by atoms with E-state index in [1.807, 2.05) is 0 Å². The molecule has 16 heavy (non-hydrogen) atoms. The molecular weight excluding hydrogens is 204 g/mol. The van der Waals surface area contributed by atoms with Gasteiger partial charge in [-0.3, -0.25) is 0 Å². The van der Waals surface area contributed by atoms with Gasteiger partial charge in [-0.05, 0) is 18.3 Å². The van der Waals surface area contributed by atoms with E-state index in [-0.39, 0.29) is 6.09 Å². The van der Waals surface area contributed by atoms with Gasteiger partial charge in [0.25, 0.3) is 0 Å². The van der Waals surface area contributed by atoms with Gasteiger partial charge in [0.15, 0.2) is 0 Å². The third-order valence-corrected chi connectivity index (χ3v) is 2.85. The summed E-state index contributed by atoms with van der Waals surface area (Å²) in [6.07, 6.45) is 1.84. The number of nitrogens with one attached hydrogen (secondary N) is 1. The van der Waals surface area contributed by atoms with E-state index in [0.29, 0.717) is 11.5 Å². The first-order valence-electron chi connectivity index (χ1n) is 5.98. The summed E-state index contributed by atoms with van der Waals surface area (Å²) in [5, 5.41) is 3.56. The van der Waals surface area contributed by atoms with Crippen LogP contribution in [0, 0.1) is 5.41 Å². The number of hydrogen-bond acceptors (Lipinski definition) is 3. The second-order valence-corrected chi connectivity index (χ2v) is 5.67. The number of piperidine rings is 1. The molecule has 94 valence electrons. The molecular formula is C12H24N2O2. The Balaban J connectivity index is 2.24. The van der Waals surface area contributed by atoms with Crippen molar-refractivity contribution in [2.45, 2.75) is 39.7 Å². The maximum absolute atomic E-state index is 11.3. The van der Waals surface area contributed by atoms with Crippen LogP contribution in [0.4, 0.5) is 4.79 Å². The first-order chi connectivity index (χ1) is 7.42. The van der Waals surface area contributed by atoms with Crippen LogP contribution in [0.5, 0.6) is 0 Å². The van der Waals surface area contributed by atoms with Crippen LogP contribution in [-0.4, -0.2) is 43.8 Å². The van der Waals surface area contributed by atoms with Gasteiger partial charge in [0.2, 0.25) is 0 Å². The maximum Gasteiger partial charge on any atom is 0.409 e. The summed E-state index contributed by atoms with van der Waals surface area (Å²) >= 11 is 0. The van der Waals surface area contributed by atoms with E-state index in [0.717, 1.165) is 32.5 Å². The normalized spacial score (nSPS) is 18.6. The van der Waals surface area contributed by atoms with Crippen LogP contribution in [-0.2, 0) is 4.74 Å². The molecule has 1 N–H and O–H groups in total. The monoisotopic (exact) mass is 228 g/mol. The van der Waals surface area contributed by atoms with Crippen molar-refractivity contribution < 1.29 is 9.53 Å². The Morgan fingerprint density at radius 1 is 1.38 bits per heavy atom. The molecule has 0 aromatic carbocycles. The van der Waals surface area contributed by atoms with Crippen LogP contribution in [0.25, 0.3) is 0 Å². The summed E-state index contributed by atoms with van der Waals surface area (Å²) in [5.41, 5.74) is 0.319. The van der Waals surface area contributed by atoms with Crippen LogP contribution < -0.4 is 5.32 Å². The highest BCUT2D eigenvalue weighted by molar-refractivity contribution is 5.67. The van der Waals surface area contributed by atoms with E-state index in [2.05, 4.69) is 26.1 Å². The molecule has 0 aliphatic carbocycles. The van der Waals surface area contributed by atoms with Crippen LogP contribution in [0.3, 0.4) is 0 Å². The standard InChI is InChI=1S/C12H24N2O2/c1-12(2,3)9-13-10-5-7-14(8-6-10)11(15)16-4/h10,13H,5-9H2,1-4H3. The Bertz CT molecular complexity index is 228. The van der Waals surface area contributed by atoms with Gasteiger partial charge in [0.1, 0.15) is 0 Å². The largest absolute Gasteiger partial charge is 0.453 e. The molecule has 1 amide bonds. The second kappa shape index (κ2) is 5.53. The van der Waals surface area contributed by atoms with Crippen LogP contribution in [0.2, 0.25) is 0 Å². The maximum atomic E-state index is 11.3. The Kier molecular flexibility index (Phi) is 4.59. The lowest BCUT2D eigenvalue weighted by Gasteiger charge is -2.33. The average Bonchev–Trinajstić information content (AvgIpc) is 2.25. The van der Waals surface area contributed by atoms with Crippen molar-refractivity contribution in [3.63, 3.8) is 0 Å². The predicted molar refractivity (Wildman–Crippen MR) is 64.5 cm³/mol. The van der Waals surface area contributed by atoms with Gasteiger partial charge < -0.3 is 15.0 Å². The number of carbonyl (C=O) groups is 1. The summed E-state index contributed by atoms with van der Waals surface area (Å²) in [6, 6.07) is 0.542. The topological polar surface area (TPSA) is 41.6 Å². The van der Waals surface area contributed by atoms with Crippen molar-refractivity contribution in [1.82, 2.24) is 10.2 Å². The molecule has 1 saturated heterocycles. The van der Waals surface area contributed by atoms with Gasteiger partial charge in [0.05, 0.1) is 7.11 Å². The second-order valence-electron chi connectivity index (χ2n) is 5.67. The van der Waals surface area contributed by atoms with Crippen molar-refractivity contribution in [2.24, 2.45) is 5.41 Å². The van der Waals surface area contributed by atoms with Crippen molar-refractivity contribution in [3.05, 3.63) is 0 Å². The van der Waals surface area contributed by atoms with E-state index in [1.54, 1.807) is 4.90 Å². The fourth-order valence-electron chi connectivity index (χ4n) is 1.85. The first-order valence-corrected chi connectivity index (χ1v) is 5.98. The number of carbonyl (C=O) groups excluding carboxylic acids is 1. The Morgan fingerprint density at radius 2 is 1.94 bits per heavy atom. The molecule has 4 nitrogen and oxygen atoms in total. The fraction of sp³-hybridized carbons (Fsp3) is 0.917. The highest BCUT2D eigenvalue weighted by atomic mass is 16.5. The van der Waals surface area contributed by atoms with Crippen molar-refractivity contribution in [3.8, 4) is 0 Å². The third-order valence-electron chi connectivity index (χ3n) is 2.85. The molecule has 0 unspecified atom stereocenters. The number of likely N-dealkylation sites (tertiary alicyclic amines) is 1. The van der Waals surface area contributed by atoms with E-state index in [9.17, 15) is 4.79 Å². The summed E-state index contributed by atoms with van der Waals surface area (Å²) < 4.78 is 4.71. The average molecular weight is 228 g/mol. The molecule has 1 aliphatic rings. The molecule has 0 aromatic heterocycles. The summed E-state index contributed by atoms with van der Waals surface area (Å²) in [6.45, 7) is 9.30. The molecule has 0 aromatic rings. The Hall–Kier alpha value is -0.770. The minimum atomic E-state index is -0.200. The highest BCUT2D eigenvalue weighted by Gasteiger charge is 2.23. The van der Waals surface area contributed by atoms with Gasteiger partial charge >= 0.3 is 6.09 Å². The van der Waals surface area contributed by atoms with Gasteiger partial charge in [-0.2, -0.15) is 0 Å². The van der Waals surface area contributed by atoms with Crippen molar-refractivity contribution >= 4 is 6.09 Å². The lowest BCUT2D eigenvalue weighted by molar-refractivity contribution is 0.109. The van der Waals surface area contributed by atoms with Gasteiger partial charge in [0, 0.05) is 25.7 Å². The molecule has 1 aliphatic heterocycles. The number of hydrogen-bond donors (Lipinski definition) is 1. The van der Waals surface area contributed by atoms with Crippen molar-refractivity contribution in [2.75, 3.05) is 26.7 Å². The van der Waals surface area contributed by atoms with Crippen molar-refractivity contribution in [1.29, 1.82) is 0 Å². The molecule has 0 spiro atoms. The Morgan fingerprint density at radius 3 is 2.38 bits per heavy atom. The van der Waals surface area contributed by atoms with Crippen LogP contribution >= 0.6 is 0 Å². The van der Waals surface area contributed by atoms with Crippen LogP contribution in [0.1, 0.15) is 33.6 Å². The summed E-state index contributed by atoms with van der Waals surface area (Å²) in [5.74, 6) is 0. The molecule has 1 fully saturated rings. The fourth-order valence-corrected chi connectivity index (χ4v) is 1.85. The molecule has 0 radical (unpaired) electrons. The highest BCUT2D eigenvalue weighted by Crippen LogP contribution is 2.15. The predicted octanol–water partition coefficient (Wildman–Crippen LogP) is 1.85. The number of nitrogens with zero attached hydrogens (tertiary/aromatic N) is 1. The zero-order valence-electron chi connectivity index (χ0n) is 10.9. The van der Waals surface area contributed by atoms with Crippen LogP contribution in [0.15, 0.2) is 0 Å². The van der Waals surface area contributed by atoms with E-state index < -0.39 is 0 Å². The summed E-state index contributed by atoms with van der Waals surface area (Å²) in [4.78, 5) is 13.0. The van der Waals surface area contributed by atoms with Gasteiger partial charge in [-0.15, -0.1) is 0 Å². The molecule has 4 heteroatoms. The Labute approximate surface area is 98.3 Å². The zero-order chi connectivity index (χ0) is 12.2. The molecule has 0 atom stereocenters. The zero-order valence-corrected chi connectivity index (χ0v) is 10.9. The number of ether oxygens (including phenoxy) is 1. The van der Waals surface area contributed by atoms with E-state index in [1.165, 1.54) is 7.11 Å². The molecule has 0 saturated carbocycles. The number of methoxy groups -OCH3 is 1. The minimum absolute atomic E-state index is 0.200. The van der Waals surface area contributed by atoms with Gasteiger partial charge in [-0.25, -0.2) is 4.79 Å². The minimum Gasteiger partial charge on any atom is -0.453 e. The van der Waals surface area contributed by atoms with E-state index in [4.69, 9.17) is 4.74 Å². The SMILES string of the molecule is COC(=O)N1CCC(NCC(C)(C)C)CC1. The molecule has 1 heterocycles.